The number of nitro benzene ring substituents is 1. The van der Waals surface area contributed by atoms with Crippen molar-refractivity contribution in [3.8, 4) is 6.07 Å². The van der Waals surface area contributed by atoms with E-state index >= 15 is 0 Å². The molecule has 0 spiro atoms. The number of hydrogen-bond donors (Lipinski definition) is 6. The summed E-state index contributed by atoms with van der Waals surface area (Å²) in [5, 5.41) is 30.6. The number of para-hydroxylation sites is 3. The minimum absolute atomic E-state index is 0.0220. The minimum atomic E-state index is -4.78. The molecule has 0 heterocycles. The van der Waals surface area contributed by atoms with E-state index in [4.69, 9.17) is 0 Å². The summed E-state index contributed by atoms with van der Waals surface area (Å²) in [6, 6.07) is 39.1. The number of carbonyl (C=O) groups is 2. The highest BCUT2D eigenvalue weighted by Crippen LogP contribution is 2.36. The normalized spacial score (nSPS) is 10.7. The van der Waals surface area contributed by atoms with Gasteiger partial charge in [-0.3, -0.25) is 19.4 Å². The summed E-state index contributed by atoms with van der Waals surface area (Å²) in [6.07, 6.45) is 0. The van der Waals surface area contributed by atoms with Crippen molar-refractivity contribution < 1.29 is 35.9 Å². The Morgan fingerprint density at radius 3 is 1.81 bits per heavy atom. The number of nitrogens with zero attached hydrogens (tertiary/aromatic N) is 3. The molecule has 0 atom stereocenters. The van der Waals surface area contributed by atoms with Crippen LogP contribution in [0.25, 0.3) is 0 Å². The molecule has 0 saturated carbocycles. The van der Waals surface area contributed by atoms with E-state index in [1.165, 1.54) is 54.6 Å². The van der Waals surface area contributed by atoms with E-state index in [0.29, 0.717) is 20.2 Å². The van der Waals surface area contributed by atoms with Crippen LogP contribution >= 0.6 is 15.9 Å². The summed E-state index contributed by atoms with van der Waals surface area (Å²) in [4.78, 5) is 35.2. The average molecular weight is 900 g/mol. The molecule has 0 radical (unpaired) electrons. The Balaban J connectivity index is 0.000000224. The molecule has 6 N–H and O–H groups in total. The molecule has 17 nitrogen and oxygen atoms in total. The highest BCUT2D eigenvalue weighted by molar-refractivity contribution is 9.10. The van der Waals surface area contributed by atoms with Crippen LogP contribution in [0, 0.1) is 21.4 Å². The number of anilines is 7. The fourth-order valence-electron chi connectivity index (χ4n) is 5.12. The van der Waals surface area contributed by atoms with Crippen LogP contribution < -0.4 is 30.3 Å². The summed E-state index contributed by atoms with van der Waals surface area (Å²) in [6.45, 7) is 0. The Kier molecular flexibility index (Phi) is 14.0. The minimum Gasteiger partial charge on any atom is -0.308 e. The molecule has 0 unspecified atom stereocenters. The maximum absolute atomic E-state index is 12.6. The topological polar surface area (TPSA) is 253 Å². The molecule has 0 saturated heterocycles. The number of nitrogens with one attached hydrogen (secondary N) is 5. The Labute approximate surface area is 346 Å². The van der Waals surface area contributed by atoms with Crippen molar-refractivity contribution in [2.24, 2.45) is 0 Å². The lowest BCUT2D eigenvalue weighted by Crippen LogP contribution is -2.27. The number of amides is 4. The third-order valence-corrected chi connectivity index (χ3v) is 10.7. The van der Waals surface area contributed by atoms with Crippen LogP contribution in [0.15, 0.2) is 161 Å². The highest BCUT2D eigenvalue weighted by atomic mass is 79.9. The molecular formula is C39H31BrN8O9S2. The lowest BCUT2D eigenvalue weighted by molar-refractivity contribution is -0.384. The monoisotopic (exact) mass is 898 g/mol. The summed E-state index contributed by atoms with van der Waals surface area (Å²) in [7, 11) is -8.79. The third-order valence-electron chi connectivity index (χ3n) is 7.73. The quantitative estimate of drug-likeness (QED) is 0.0409. The van der Waals surface area contributed by atoms with Crippen LogP contribution in [-0.4, -0.2) is 38.4 Å². The van der Waals surface area contributed by atoms with Crippen molar-refractivity contribution in [3.63, 3.8) is 0 Å². The molecule has 300 valence electrons. The fraction of sp³-hybridized carbons (Fsp3) is 0. The number of halogens is 1. The fourth-order valence-corrected chi connectivity index (χ4v) is 7.39. The molecule has 59 heavy (non-hydrogen) atoms. The molecule has 4 amide bonds. The highest BCUT2D eigenvalue weighted by Gasteiger charge is 2.26. The number of nitro groups is 1. The molecule has 20 heteroatoms. The molecular weight excluding hydrogens is 869 g/mol. The Bertz CT molecular complexity index is 2740. The second-order valence-corrected chi connectivity index (χ2v) is 15.6. The predicted molar refractivity (Wildman–Crippen MR) is 228 cm³/mol. The smallest absolute Gasteiger partial charge is 0.308 e. The molecule has 6 aromatic carbocycles. The van der Waals surface area contributed by atoms with Gasteiger partial charge in [-0.25, -0.2) is 22.3 Å². The summed E-state index contributed by atoms with van der Waals surface area (Å²) >= 11 is 3.32. The van der Waals surface area contributed by atoms with Gasteiger partial charge in [-0.1, -0.05) is 66.7 Å². The zero-order valence-electron chi connectivity index (χ0n) is 30.2. The second-order valence-electron chi connectivity index (χ2n) is 11.8. The number of non-ortho nitro benzene ring substituents is 1. The molecule has 0 aliphatic heterocycles. The number of carbonyl (C=O) groups excluding carboxylic acids is 2. The number of benzene rings is 6. The van der Waals surface area contributed by atoms with Gasteiger partial charge in [0, 0.05) is 22.3 Å². The first-order valence-electron chi connectivity index (χ1n) is 16.8. The van der Waals surface area contributed by atoms with Crippen LogP contribution in [0.2, 0.25) is 0 Å². The van der Waals surface area contributed by atoms with Gasteiger partial charge < -0.3 is 21.3 Å². The van der Waals surface area contributed by atoms with Crippen molar-refractivity contribution in [1.82, 2.24) is 0 Å². The van der Waals surface area contributed by atoms with Crippen molar-refractivity contribution in [3.05, 3.63) is 172 Å². The van der Waals surface area contributed by atoms with Crippen LogP contribution in [0.3, 0.4) is 0 Å². The lowest BCUT2D eigenvalue weighted by atomic mass is 10.1. The molecule has 0 bridgehead atoms. The Morgan fingerprint density at radius 2 is 1.20 bits per heavy atom. The van der Waals surface area contributed by atoms with E-state index in [1.807, 2.05) is 6.07 Å². The molecule has 0 aliphatic carbocycles. The van der Waals surface area contributed by atoms with Gasteiger partial charge in [0.1, 0.15) is 0 Å². The lowest BCUT2D eigenvalue weighted by Gasteiger charge is -2.24. The summed E-state index contributed by atoms with van der Waals surface area (Å²) < 4.78 is 63.0. The van der Waals surface area contributed by atoms with Crippen LogP contribution in [0.4, 0.5) is 55.1 Å². The number of sulfonamides is 1. The third kappa shape index (κ3) is 11.9. The summed E-state index contributed by atoms with van der Waals surface area (Å²) in [5.74, 6) is 0. The van der Waals surface area contributed by atoms with Gasteiger partial charge in [0.05, 0.1) is 55.6 Å². The second kappa shape index (κ2) is 19.2. The molecule has 6 rings (SSSR count). The van der Waals surface area contributed by atoms with Crippen molar-refractivity contribution in [2.75, 3.05) is 30.3 Å². The first-order chi connectivity index (χ1) is 28.1. The zero-order chi connectivity index (χ0) is 42.6. The first kappa shape index (κ1) is 42.8. The van der Waals surface area contributed by atoms with Crippen LogP contribution in [0.5, 0.6) is 0 Å². The molecule has 0 aromatic heterocycles. The number of urea groups is 2. The van der Waals surface area contributed by atoms with Gasteiger partial charge in [0.25, 0.3) is 15.7 Å². The van der Waals surface area contributed by atoms with Gasteiger partial charge in [0.15, 0.2) is 0 Å². The van der Waals surface area contributed by atoms with Crippen molar-refractivity contribution in [2.45, 2.75) is 4.90 Å². The van der Waals surface area contributed by atoms with E-state index in [9.17, 15) is 46.4 Å². The van der Waals surface area contributed by atoms with Gasteiger partial charge in [-0.05, 0) is 88.7 Å². The van der Waals surface area contributed by atoms with Crippen LogP contribution in [0.1, 0.15) is 5.56 Å². The number of rotatable bonds is 11. The van der Waals surface area contributed by atoms with Gasteiger partial charge in [-0.15, -0.1) is 0 Å². The molecule has 6 aromatic rings. The Hall–Kier alpha value is -7.31. The summed E-state index contributed by atoms with van der Waals surface area (Å²) in [5.41, 5.74) is 0.874. The van der Waals surface area contributed by atoms with Crippen molar-refractivity contribution >= 4 is 93.8 Å². The first-order valence-corrected chi connectivity index (χ1v) is 20.5. The largest absolute Gasteiger partial charge is 0.364 e. The van der Waals surface area contributed by atoms with E-state index < -0.39 is 37.3 Å². The molecule has 0 fully saturated rings. The van der Waals surface area contributed by atoms with Gasteiger partial charge >= 0.3 is 22.4 Å². The number of hydrogen-bond acceptors (Lipinski definition) is 9. The zero-order valence-corrected chi connectivity index (χ0v) is 33.4. The average Bonchev–Trinajstić information content (AvgIpc) is 3.21. The Morgan fingerprint density at radius 1 is 0.661 bits per heavy atom. The maximum atomic E-state index is 12.6. The SMILES string of the molecule is N#Cc1ccc(NC(=O)Nc2ccccc2Br)c(N(c2ccccc2)S(=O)(=O)O)c1.O=C(Nc1ccccc1)Nc1ccc([N+](=O)[O-])cc1NS(=O)(=O)c1ccccc1. The van der Waals surface area contributed by atoms with E-state index in [2.05, 4.69) is 41.9 Å². The van der Waals surface area contributed by atoms with Crippen molar-refractivity contribution in [1.29, 1.82) is 5.26 Å². The predicted octanol–water partition coefficient (Wildman–Crippen LogP) is 8.95. The number of nitriles is 1. The standard InChI is InChI=1S/C20H15BrN4O4S.C19H16N4O5S/c21-16-8-4-5-9-17(16)23-20(26)24-18-11-10-14(13-22)12-19(18)25(30(27,28)29)15-6-2-1-3-7-15;24-19(20-14-7-3-1-4-8-14)21-17-12-11-15(23(25)26)13-18(17)22-29(27,28)16-9-5-2-6-10-16/h1-12H,(H2,23,24,26)(H,27,28,29);1-13,22H,(H2,20,21,24). The van der Waals surface area contributed by atoms with Gasteiger partial charge in [-0.2, -0.15) is 13.7 Å². The van der Waals surface area contributed by atoms with E-state index in [0.717, 1.165) is 6.07 Å². The van der Waals surface area contributed by atoms with Crippen LogP contribution in [-0.2, 0) is 20.3 Å². The van der Waals surface area contributed by atoms with E-state index in [-0.39, 0.29) is 44.6 Å². The maximum Gasteiger partial charge on any atom is 0.364 e. The van der Waals surface area contributed by atoms with E-state index in [1.54, 1.807) is 91.0 Å². The van der Waals surface area contributed by atoms with Gasteiger partial charge in [0.2, 0.25) is 0 Å². The molecule has 0 aliphatic rings.